The van der Waals surface area contributed by atoms with Crippen LogP contribution < -0.4 is 9.96 Å². The van der Waals surface area contributed by atoms with Gasteiger partial charge in [-0.3, -0.25) is 14.4 Å². The molecule has 0 bridgehead atoms. The first kappa shape index (κ1) is 20.1. The number of rotatable bonds is 3. The zero-order valence-corrected chi connectivity index (χ0v) is 19.1. The van der Waals surface area contributed by atoms with Crippen molar-refractivity contribution in [2.45, 2.75) is 12.1 Å². The molecule has 2 saturated heterocycles. The molecule has 0 aromatic heterocycles. The molecule has 0 spiro atoms. The molecule has 6 rings (SSSR count). The number of imide groups is 1. The minimum atomic E-state index is -0.884. The van der Waals surface area contributed by atoms with Crippen molar-refractivity contribution < 1.29 is 14.4 Å². The second-order valence-electron chi connectivity index (χ2n) is 8.21. The number of benzene rings is 4. The molecule has 2 fully saturated rings. The number of amides is 2. The van der Waals surface area contributed by atoms with Crippen molar-refractivity contribution in [1.82, 2.24) is 0 Å². The van der Waals surface area contributed by atoms with Crippen LogP contribution in [0.2, 0.25) is 0 Å². The van der Waals surface area contributed by atoms with Gasteiger partial charge in [0.25, 0.3) is 5.91 Å². The van der Waals surface area contributed by atoms with Gasteiger partial charge < -0.3 is 0 Å². The number of carbonyl (C=O) groups is 2. The van der Waals surface area contributed by atoms with Crippen LogP contribution in [0.15, 0.2) is 102 Å². The van der Waals surface area contributed by atoms with E-state index in [-0.39, 0.29) is 11.8 Å². The average molecular weight is 499 g/mol. The quantitative estimate of drug-likeness (QED) is 0.342. The number of hydrogen-bond donors (Lipinski definition) is 0. The molecule has 162 valence electrons. The molecular formula is C27H19BrN2O3. The van der Waals surface area contributed by atoms with Crippen LogP contribution >= 0.6 is 15.9 Å². The van der Waals surface area contributed by atoms with Gasteiger partial charge in [-0.05, 0) is 52.7 Å². The SMILES string of the molecule is O=C1[C@@H]2[C@@H](ON(c3ccccc3)[C@H]2c2cccc3ccccc23)C(=O)N1c1ccc(Br)cc1. The molecule has 0 unspecified atom stereocenters. The van der Waals surface area contributed by atoms with Crippen LogP contribution in [0.25, 0.3) is 10.8 Å². The van der Waals surface area contributed by atoms with Crippen molar-refractivity contribution in [1.29, 1.82) is 0 Å². The minimum Gasteiger partial charge on any atom is -0.273 e. The number of fused-ring (bicyclic) bond motifs is 2. The fourth-order valence-corrected chi connectivity index (χ4v) is 5.15. The summed E-state index contributed by atoms with van der Waals surface area (Å²) in [6.45, 7) is 0. The third-order valence-corrected chi connectivity index (χ3v) is 6.88. The van der Waals surface area contributed by atoms with Crippen LogP contribution in [-0.4, -0.2) is 17.9 Å². The van der Waals surface area contributed by atoms with Crippen LogP contribution in [0.1, 0.15) is 11.6 Å². The normalized spacial score (nSPS) is 22.3. The van der Waals surface area contributed by atoms with Crippen molar-refractivity contribution >= 4 is 49.9 Å². The van der Waals surface area contributed by atoms with Crippen LogP contribution in [-0.2, 0) is 14.4 Å². The highest BCUT2D eigenvalue weighted by molar-refractivity contribution is 9.10. The zero-order chi connectivity index (χ0) is 22.5. The molecule has 5 nitrogen and oxygen atoms in total. The van der Waals surface area contributed by atoms with Gasteiger partial charge in [0.1, 0.15) is 5.92 Å². The van der Waals surface area contributed by atoms with Crippen molar-refractivity contribution in [3.63, 3.8) is 0 Å². The highest BCUT2D eigenvalue weighted by atomic mass is 79.9. The van der Waals surface area contributed by atoms with E-state index in [1.165, 1.54) is 4.90 Å². The van der Waals surface area contributed by atoms with Gasteiger partial charge in [-0.1, -0.05) is 76.6 Å². The molecule has 0 radical (unpaired) electrons. The second-order valence-corrected chi connectivity index (χ2v) is 9.13. The summed E-state index contributed by atoms with van der Waals surface area (Å²) < 4.78 is 0.880. The Morgan fingerprint density at radius 3 is 2.18 bits per heavy atom. The van der Waals surface area contributed by atoms with Crippen LogP contribution in [0.5, 0.6) is 0 Å². The number of para-hydroxylation sites is 1. The van der Waals surface area contributed by atoms with Gasteiger partial charge in [0.05, 0.1) is 17.4 Å². The van der Waals surface area contributed by atoms with Gasteiger partial charge in [0.2, 0.25) is 5.91 Å². The first-order valence-electron chi connectivity index (χ1n) is 10.8. The minimum absolute atomic E-state index is 0.247. The molecule has 4 aromatic carbocycles. The van der Waals surface area contributed by atoms with E-state index in [0.717, 1.165) is 26.5 Å². The van der Waals surface area contributed by atoms with E-state index >= 15 is 0 Å². The van der Waals surface area contributed by atoms with Gasteiger partial charge >= 0.3 is 0 Å². The lowest BCUT2D eigenvalue weighted by Gasteiger charge is -2.29. The van der Waals surface area contributed by atoms with Crippen molar-refractivity contribution in [3.05, 3.63) is 107 Å². The first-order valence-corrected chi connectivity index (χ1v) is 11.5. The van der Waals surface area contributed by atoms with E-state index < -0.39 is 18.1 Å². The topological polar surface area (TPSA) is 49.9 Å². The van der Waals surface area contributed by atoms with Crippen LogP contribution in [0.3, 0.4) is 0 Å². The Hall–Kier alpha value is -3.48. The Labute approximate surface area is 199 Å². The van der Waals surface area contributed by atoms with Gasteiger partial charge in [-0.2, -0.15) is 0 Å². The fraction of sp³-hybridized carbons (Fsp3) is 0.111. The number of carbonyl (C=O) groups excluding carboxylic acids is 2. The number of hydroxylamine groups is 1. The van der Waals surface area contributed by atoms with Crippen LogP contribution in [0.4, 0.5) is 11.4 Å². The van der Waals surface area contributed by atoms with E-state index in [0.29, 0.717) is 5.69 Å². The van der Waals surface area contributed by atoms with Crippen molar-refractivity contribution in [2.24, 2.45) is 5.92 Å². The van der Waals surface area contributed by atoms with Gasteiger partial charge in [0, 0.05) is 4.47 Å². The monoisotopic (exact) mass is 498 g/mol. The Balaban J connectivity index is 1.50. The average Bonchev–Trinajstić information content (AvgIpc) is 3.36. The first-order chi connectivity index (χ1) is 16.1. The number of halogens is 1. The molecule has 0 N–H and O–H groups in total. The third-order valence-electron chi connectivity index (χ3n) is 6.35. The lowest BCUT2D eigenvalue weighted by Crippen LogP contribution is -2.37. The van der Waals surface area contributed by atoms with Gasteiger partial charge in [-0.15, -0.1) is 0 Å². The number of hydrogen-bond acceptors (Lipinski definition) is 4. The Kier molecular flexibility index (Phi) is 4.78. The summed E-state index contributed by atoms with van der Waals surface area (Å²) in [6.07, 6.45) is -0.884. The van der Waals surface area contributed by atoms with Gasteiger partial charge in [-0.25, -0.2) is 9.96 Å². The largest absolute Gasteiger partial charge is 0.273 e. The second kappa shape index (κ2) is 7.83. The van der Waals surface area contributed by atoms with E-state index in [9.17, 15) is 9.59 Å². The summed E-state index contributed by atoms with van der Waals surface area (Å²) in [5.41, 5.74) is 2.32. The summed E-state index contributed by atoms with van der Waals surface area (Å²) in [5.74, 6) is -1.24. The summed E-state index contributed by atoms with van der Waals surface area (Å²) in [7, 11) is 0. The lowest BCUT2D eigenvalue weighted by molar-refractivity contribution is -0.126. The van der Waals surface area contributed by atoms with Gasteiger partial charge in [0.15, 0.2) is 6.10 Å². The molecule has 2 aliphatic rings. The molecular weight excluding hydrogens is 480 g/mol. The lowest BCUT2D eigenvalue weighted by atomic mass is 9.87. The molecule has 4 aromatic rings. The number of anilines is 2. The fourth-order valence-electron chi connectivity index (χ4n) is 4.88. The maximum atomic E-state index is 13.8. The maximum absolute atomic E-state index is 13.8. The molecule has 0 aliphatic carbocycles. The molecule has 33 heavy (non-hydrogen) atoms. The predicted octanol–water partition coefficient (Wildman–Crippen LogP) is 5.65. The van der Waals surface area contributed by atoms with E-state index in [1.54, 1.807) is 17.2 Å². The third kappa shape index (κ3) is 3.17. The molecule has 0 saturated carbocycles. The van der Waals surface area contributed by atoms with E-state index in [1.807, 2.05) is 66.7 Å². The zero-order valence-electron chi connectivity index (χ0n) is 17.5. The summed E-state index contributed by atoms with van der Waals surface area (Å²) in [5, 5.41) is 3.86. The summed E-state index contributed by atoms with van der Waals surface area (Å²) in [6, 6.07) is 30.5. The number of nitrogens with zero attached hydrogens (tertiary/aromatic N) is 2. The Bertz CT molecular complexity index is 1370. The highest BCUT2D eigenvalue weighted by Crippen LogP contribution is 2.48. The molecule has 6 heteroatoms. The Morgan fingerprint density at radius 1 is 0.697 bits per heavy atom. The standard InChI is InChI=1S/C27H19BrN2O3/c28-18-13-15-19(16-14-18)29-26(31)23-24(22-12-6-8-17-7-4-5-11-21(17)22)30(33-25(23)27(29)32)20-9-2-1-3-10-20/h1-16,23-25H/t23-,24-,25+/m0/s1. The molecule has 3 atom stereocenters. The van der Waals surface area contributed by atoms with E-state index in [4.69, 9.17) is 4.84 Å². The van der Waals surface area contributed by atoms with Crippen LogP contribution in [0, 0.1) is 5.92 Å². The maximum Gasteiger partial charge on any atom is 0.266 e. The van der Waals surface area contributed by atoms with E-state index in [2.05, 4.69) is 34.1 Å². The summed E-state index contributed by atoms with van der Waals surface area (Å²) >= 11 is 3.41. The molecule has 2 heterocycles. The Morgan fingerprint density at radius 2 is 1.39 bits per heavy atom. The highest BCUT2D eigenvalue weighted by Gasteiger charge is 2.60. The summed E-state index contributed by atoms with van der Waals surface area (Å²) in [4.78, 5) is 34.7. The smallest absolute Gasteiger partial charge is 0.266 e. The molecule has 2 aliphatic heterocycles. The van der Waals surface area contributed by atoms with Crippen molar-refractivity contribution in [2.75, 3.05) is 9.96 Å². The molecule has 2 amide bonds. The predicted molar refractivity (Wildman–Crippen MR) is 131 cm³/mol. The van der Waals surface area contributed by atoms with Crippen molar-refractivity contribution in [3.8, 4) is 0 Å².